The molecule has 1 saturated heterocycles. The third-order valence-corrected chi connectivity index (χ3v) is 4.21. The molecule has 1 heterocycles. The molecule has 1 aliphatic carbocycles. The monoisotopic (exact) mass is 340 g/mol. The first-order valence-electron chi connectivity index (χ1n) is 8.05. The summed E-state index contributed by atoms with van der Waals surface area (Å²) in [7, 11) is 0. The fraction of sp³-hybridized carbons (Fsp3) is 0.667. The molecule has 0 saturated carbocycles. The van der Waals surface area contributed by atoms with Gasteiger partial charge in [-0.15, -0.1) is 0 Å². The zero-order chi connectivity index (χ0) is 17.7. The maximum atomic E-state index is 12.1. The number of carbonyl (C=O) groups is 3. The minimum atomic E-state index is -1.18. The molecule has 3 amide bonds. The summed E-state index contributed by atoms with van der Waals surface area (Å²) >= 11 is 0. The molecule has 9 heteroatoms. The van der Waals surface area contributed by atoms with Crippen molar-refractivity contribution in [1.82, 2.24) is 16.0 Å². The molecule has 0 aromatic rings. The van der Waals surface area contributed by atoms with E-state index in [9.17, 15) is 24.6 Å². The van der Waals surface area contributed by atoms with Gasteiger partial charge >= 0.3 is 0 Å². The summed E-state index contributed by atoms with van der Waals surface area (Å²) in [6.45, 7) is 0.852. The number of hydrogen-bond acceptors (Lipinski definition) is 6. The second kappa shape index (κ2) is 8.22. The molecule has 1 fully saturated rings. The normalized spacial score (nSPS) is 29.7. The van der Waals surface area contributed by atoms with Crippen molar-refractivity contribution in [2.45, 2.75) is 50.0 Å². The fourth-order valence-electron chi connectivity index (χ4n) is 2.85. The zero-order valence-corrected chi connectivity index (χ0v) is 13.3. The Hall–Kier alpha value is -1.97. The van der Waals surface area contributed by atoms with E-state index in [-0.39, 0.29) is 36.9 Å². The van der Waals surface area contributed by atoms with Crippen LogP contribution in [0.3, 0.4) is 0 Å². The Morgan fingerprint density at radius 1 is 1.33 bits per heavy atom. The van der Waals surface area contributed by atoms with Gasteiger partial charge in [0.15, 0.2) is 0 Å². The van der Waals surface area contributed by atoms with E-state index in [2.05, 4.69) is 16.0 Å². The Morgan fingerprint density at radius 3 is 2.71 bits per heavy atom. The van der Waals surface area contributed by atoms with Gasteiger partial charge in [-0.3, -0.25) is 14.4 Å². The molecule has 4 unspecified atom stereocenters. The molecule has 0 bridgehead atoms. The van der Waals surface area contributed by atoms with E-state index in [0.717, 1.165) is 13.0 Å². The highest BCUT2D eigenvalue weighted by molar-refractivity contribution is 5.94. The van der Waals surface area contributed by atoms with E-state index in [1.807, 2.05) is 0 Å². The van der Waals surface area contributed by atoms with Crippen LogP contribution in [-0.4, -0.2) is 65.3 Å². The highest BCUT2D eigenvalue weighted by Crippen LogP contribution is 2.20. The SMILES string of the molecule is NC(=O)CCNC(=O)C1=CC(NC(=O)C2CCCN2)C(O)C(O)C1. The predicted molar refractivity (Wildman–Crippen MR) is 84.5 cm³/mol. The van der Waals surface area contributed by atoms with E-state index >= 15 is 0 Å². The lowest BCUT2D eigenvalue weighted by molar-refractivity contribution is -0.125. The molecule has 2 rings (SSSR count). The lowest BCUT2D eigenvalue weighted by Gasteiger charge is -2.31. The molecule has 0 spiro atoms. The first-order valence-corrected chi connectivity index (χ1v) is 8.05. The van der Waals surface area contributed by atoms with Gasteiger partial charge in [-0.05, 0) is 19.4 Å². The zero-order valence-electron chi connectivity index (χ0n) is 13.3. The number of amides is 3. The Kier molecular flexibility index (Phi) is 6.29. The standard InChI is InChI=1S/C15H24N4O5/c16-12(21)3-5-18-14(23)8-6-10(13(22)11(20)7-8)19-15(24)9-2-1-4-17-9/h6,9-11,13,17,20,22H,1-5,7H2,(H2,16,21)(H,18,23)(H,19,24). The van der Waals surface area contributed by atoms with Crippen molar-refractivity contribution in [3.8, 4) is 0 Å². The summed E-state index contributed by atoms with van der Waals surface area (Å²) < 4.78 is 0. The molecule has 0 aromatic heterocycles. The largest absolute Gasteiger partial charge is 0.390 e. The summed E-state index contributed by atoms with van der Waals surface area (Å²) in [5, 5.41) is 28.2. The van der Waals surface area contributed by atoms with Crippen LogP contribution in [0.25, 0.3) is 0 Å². The molecule has 7 N–H and O–H groups in total. The lowest BCUT2D eigenvalue weighted by atomic mass is 9.89. The van der Waals surface area contributed by atoms with E-state index in [0.29, 0.717) is 6.42 Å². The van der Waals surface area contributed by atoms with Gasteiger partial charge in [0.25, 0.3) is 0 Å². The molecule has 4 atom stereocenters. The summed E-state index contributed by atoms with van der Waals surface area (Å²) in [6, 6.07) is -1.17. The van der Waals surface area contributed by atoms with Crippen LogP contribution in [0.4, 0.5) is 0 Å². The second-order valence-electron chi connectivity index (χ2n) is 6.11. The van der Waals surface area contributed by atoms with Gasteiger partial charge in [-0.25, -0.2) is 0 Å². The first kappa shape index (κ1) is 18.4. The van der Waals surface area contributed by atoms with Crippen LogP contribution in [0.1, 0.15) is 25.7 Å². The van der Waals surface area contributed by atoms with Crippen LogP contribution < -0.4 is 21.7 Å². The number of carbonyl (C=O) groups excluding carboxylic acids is 3. The smallest absolute Gasteiger partial charge is 0.247 e. The van der Waals surface area contributed by atoms with Crippen molar-refractivity contribution in [1.29, 1.82) is 0 Å². The number of aliphatic hydroxyl groups excluding tert-OH is 2. The maximum absolute atomic E-state index is 12.1. The van der Waals surface area contributed by atoms with E-state index in [1.165, 1.54) is 6.08 Å². The predicted octanol–water partition coefficient (Wildman–Crippen LogP) is -2.73. The van der Waals surface area contributed by atoms with Gasteiger partial charge in [0, 0.05) is 25.0 Å². The molecular formula is C15H24N4O5. The van der Waals surface area contributed by atoms with E-state index < -0.39 is 30.1 Å². The van der Waals surface area contributed by atoms with E-state index in [1.54, 1.807) is 0 Å². The molecule has 0 aromatic carbocycles. The molecular weight excluding hydrogens is 316 g/mol. The Morgan fingerprint density at radius 2 is 2.08 bits per heavy atom. The summed E-state index contributed by atoms with van der Waals surface area (Å²) in [4.78, 5) is 34.9. The number of nitrogens with one attached hydrogen (secondary N) is 3. The van der Waals surface area contributed by atoms with E-state index in [4.69, 9.17) is 5.73 Å². The van der Waals surface area contributed by atoms with Gasteiger partial charge in [0.05, 0.1) is 18.2 Å². The van der Waals surface area contributed by atoms with Crippen LogP contribution in [0.5, 0.6) is 0 Å². The van der Waals surface area contributed by atoms with Gasteiger partial charge in [0.2, 0.25) is 17.7 Å². The topological polar surface area (TPSA) is 154 Å². The van der Waals surface area contributed by atoms with Crippen LogP contribution in [0, 0.1) is 0 Å². The average Bonchev–Trinajstić information content (AvgIpc) is 3.05. The van der Waals surface area contributed by atoms with Crippen molar-refractivity contribution in [2.75, 3.05) is 13.1 Å². The highest BCUT2D eigenvalue weighted by Gasteiger charge is 2.35. The lowest BCUT2D eigenvalue weighted by Crippen LogP contribution is -2.54. The maximum Gasteiger partial charge on any atom is 0.247 e. The molecule has 9 nitrogen and oxygen atoms in total. The van der Waals surface area contributed by atoms with Crippen molar-refractivity contribution in [3.63, 3.8) is 0 Å². The first-order chi connectivity index (χ1) is 11.4. The Labute approximate surface area is 139 Å². The van der Waals surface area contributed by atoms with Crippen molar-refractivity contribution in [2.24, 2.45) is 5.73 Å². The second-order valence-corrected chi connectivity index (χ2v) is 6.11. The molecule has 134 valence electrons. The third-order valence-electron chi connectivity index (χ3n) is 4.21. The van der Waals surface area contributed by atoms with Gasteiger partial charge < -0.3 is 31.9 Å². The summed E-state index contributed by atoms with van der Waals surface area (Å²) in [5.74, 6) is -1.26. The van der Waals surface area contributed by atoms with Crippen LogP contribution >= 0.6 is 0 Å². The number of nitrogens with two attached hydrogens (primary N) is 1. The van der Waals surface area contributed by atoms with Crippen LogP contribution in [0.15, 0.2) is 11.6 Å². The molecule has 2 aliphatic rings. The average molecular weight is 340 g/mol. The summed E-state index contributed by atoms with van der Waals surface area (Å²) in [5.41, 5.74) is 5.25. The Balaban J connectivity index is 1.98. The molecule has 1 aliphatic heterocycles. The van der Waals surface area contributed by atoms with Crippen molar-refractivity contribution < 1.29 is 24.6 Å². The number of hydrogen-bond donors (Lipinski definition) is 6. The number of aliphatic hydroxyl groups is 2. The van der Waals surface area contributed by atoms with Gasteiger partial charge in [-0.2, -0.15) is 0 Å². The minimum absolute atomic E-state index is 0.0116. The van der Waals surface area contributed by atoms with Gasteiger partial charge in [-0.1, -0.05) is 6.08 Å². The number of rotatable bonds is 6. The van der Waals surface area contributed by atoms with Crippen LogP contribution in [-0.2, 0) is 14.4 Å². The highest BCUT2D eigenvalue weighted by atomic mass is 16.3. The third kappa shape index (κ3) is 4.76. The van der Waals surface area contributed by atoms with Gasteiger partial charge in [0.1, 0.15) is 6.10 Å². The van der Waals surface area contributed by atoms with Crippen molar-refractivity contribution >= 4 is 17.7 Å². The van der Waals surface area contributed by atoms with Crippen LogP contribution in [0.2, 0.25) is 0 Å². The molecule has 24 heavy (non-hydrogen) atoms. The number of primary amides is 1. The quantitative estimate of drug-likeness (QED) is 0.308. The fourth-order valence-corrected chi connectivity index (χ4v) is 2.85. The minimum Gasteiger partial charge on any atom is -0.390 e. The summed E-state index contributed by atoms with van der Waals surface area (Å²) in [6.07, 6.45) is 0.698. The molecule has 0 radical (unpaired) electrons. The van der Waals surface area contributed by atoms with Crippen molar-refractivity contribution in [3.05, 3.63) is 11.6 Å². The Bertz CT molecular complexity index is 530.